The molecule has 0 aliphatic heterocycles. The van der Waals surface area contributed by atoms with Crippen LogP contribution < -0.4 is 4.74 Å². The van der Waals surface area contributed by atoms with Gasteiger partial charge in [-0.15, -0.1) is 0 Å². The van der Waals surface area contributed by atoms with E-state index in [0.717, 1.165) is 25.2 Å². The largest absolute Gasteiger partial charge is 0.504 e. The van der Waals surface area contributed by atoms with E-state index in [-0.39, 0.29) is 5.75 Å². The number of hydrogen-bond acceptors (Lipinski definition) is 3. The Labute approximate surface area is 117 Å². The van der Waals surface area contributed by atoms with Gasteiger partial charge in [0.15, 0.2) is 11.5 Å². The van der Waals surface area contributed by atoms with E-state index in [1.807, 2.05) is 18.2 Å². The maximum atomic E-state index is 9.81. The third-order valence-corrected chi connectivity index (χ3v) is 3.31. The van der Waals surface area contributed by atoms with Gasteiger partial charge in [-0.2, -0.15) is 0 Å². The molecule has 3 nitrogen and oxygen atoms in total. The van der Waals surface area contributed by atoms with Crippen LogP contribution in [0.3, 0.4) is 0 Å². The zero-order valence-corrected chi connectivity index (χ0v) is 12.5. The lowest BCUT2D eigenvalue weighted by atomic mass is 10.1. The number of unbranched alkanes of at least 4 members (excludes halogenated alkanes) is 2. The van der Waals surface area contributed by atoms with Gasteiger partial charge in [-0.1, -0.05) is 32.8 Å². The summed E-state index contributed by atoms with van der Waals surface area (Å²) in [5.41, 5.74) is 1.14. The van der Waals surface area contributed by atoms with Crippen LogP contribution in [-0.2, 0) is 6.54 Å². The number of ether oxygens (including phenoxy) is 1. The molecule has 0 saturated carbocycles. The van der Waals surface area contributed by atoms with E-state index in [4.69, 9.17) is 4.74 Å². The first kappa shape index (κ1) is 15.8. The minimum absolute atomic E-state index is 0.228. The number of rotatable bonds is 9. The Morgan fingerprint density at radius 2 is 1.74 bits per heavy atom. The quantitative estimate of drug-likeness (QED) is 0.737. The van der Waals surface area contributed by atoms with Crippen molar-refractivity contribution in [2.24, 2.45) is 0 Å². The maximum absolute atomic E-state index is 9.81. The van der Waals surface area contributed by atoms with Gasteiger partial charge in [-0.05, 0) is 43.6 Å². The molecule has 0 aliphatic carbocycles. The molecule has 1 rings (SSSR count). The number of hydrogen-bond donors (Lipinski definition) is 1. The average molecular weight is 265 g/mol. The van der Waals surface area contributed by atoms with Gasteiger partial charge in [-0.25, -0.2) is 0 Å². The molecule has 0 spiro atoms. The SMILES string of the molecule is CCCCN(CCCC)Cc1ccc(OC)c(O)c1. The molecule has 3 heteroatoms. The lowest BCUT2D eigenvalue weighted by Crippen LogP contribution is -2.25. The molecule has 0 heterocycles. The van der Waals surface area contributed by atoms with Gasteiger partial charge in [0.1, 0.15) is 0 Å². The van der Waals surface area contributed by atoms with Crippen molar-refractivity contribution in [1.82, 2.24) is 4.90 Å². The van der Waals surface area contributed by atoms with Crippen LogP contribution in [0.1, 0.15) is 45.1 Å². The first-order chi connectivity index (χ1) is 9.21. The summed E-state index contributed by atoms with van der Waals surface area (Å²) in [6, 6.07) is 5.68. The second-order valence-corrected chi connectivity index (χ2v) is 4.99. The summed E-state index contributed by atoms with van der Waals surface area (Å²) in [6.45, 7) is 7.60. The summed E-state index contributed by atoms with van der Waals surface area (Å²) in [7, 11) is 1.57. The Morgan fingerprint density at radius 3 is 2.21 bits per heavy atom. The molecule has 0 unspecified atom stereocenters. The summed E-state index contributed by atoms with van der Waals surface area (Å²) in [5.74, 6) is 0.767. The maximum Gasteiger partial charge on any atom is 0.160 e. The van der Waals surface area contributed by atoms with E-state index in [0.29, 0.717) is 5.75 Å². The molecule has 0 saturated heterocycles. The Kier molecular flexibility index (Phi) is 7.34. The zero-order valence-electron chi connectivity index (χ0n) is 12.5. The molecule has 108 valence electrons. The van der Waals surface area contributed by atoms with Crippen LogP contribution in [0.2, 0.25) is 0 Å². The van der Waals surface area contributed by atoms with Crippen molar-refractivity contribution in [3.05, 3.63) is 23.8 Å². The zero-order chi connectivity index (χ0) is 14.1. The molecule has 0 amide bonds. The number of benzene rings is 1. The van der Waals surface area contributed by atoms with E-state index < -0.39 is 0 Å². The van der Waals surface area contributed by atoms with E-state index in [1.54, 1.807) is 7.11 Å². The van der Waals surface area contributed by atoms with Crippen LogP contribution in [0.25, 0.3) is 0 Å². The minimum atomic E-state index is 0.228. The summed E-state index contributed by atoms with van der Waals surface area (Å²) < 4.78 is 5.07. The molecule has 19 heavy (non-hydrogen) atoms. The highest BCUT2D eigenvalue weighted by Crippen LogP contribution is 2.26. The Morgan fingerprint density at radius 1 is 1.11 bits per heavy atom. The predicted molar refractivity (Wildman–Crippen MR) is 79.8 cm³/mol. The molecule has 0 fully saturated rings. The van der Waals surface area contributed by atoms with Crippen molar-refractivity contribution >= 4 is 0 Å². The average Bonchev–Trinajstić information content (AvgIpc) is 2.42. The van der Waals surface area contributed by atoms with E-state index >= 15 is 0 Å². The highest BCUT2D eigenvalue weighted by atomic mass is 16.5. The summed E-state index contributed by atoms with van der Waals surface area (Å²) in [6.07, 6.45) is 4.89. The van der Waals surface area contributed by atoms with Gasteiger partial charge in [0.05, 0.1) is 7.11 Å². The Balaban J connectivity index is 2.63. The van der Waals surface area contributed by atoms with Crippen LogP contribution in [0, 0.1) is 0 Å². The first-order valence-corrected chi connectivity index (χ1v) is 7.29. The van der Waals surface area contributed by atoms with Crippen molar-refractivity contribution < 1.29 is 9.84 Å². The number of aromatic hydroxyl groups is 1. The van der Waals surface area contributed by atoms with Gasteiger partial charge >= 0.3 is 0 Å². The molecular weight excluding hydrogens is 238 g/mol. The fraction of sp³-hybridized carbons (Fsp3) is 0.625. The molecule has 1 N–H and O–H groups in total. The highest BCUT2D eigenvalue weighted by Gasteiger charge is 2.08. The Bertz CT molecular complexity index is 358. The van der Waals surface area contributed by atoms with Crippen LogP contribution >= 0.6 is 0 Å². The van der Waals surface area contributed by atoms with E-state index in [2.05, 4.69) is 18.7 Å². The summed E-state index contributed by atoms with van der Waals surface area (Å²) >= 11 is 0. The first-order valence-electron chi connectivity index (χ1n) is 7.29. The third kappa shape index (κ3) is 5.52. The monoisotopic (exact) mass is 265 g/mol. The predicted octanol–water partition coefficient (Wildman–Crippen LogP) is 3.80. The second kappa shape index (κ2) is 8.81. The topological polar surface area (TPSA) is 32.7 Å². The number of nitrogens with zero attached hydrogens (tertiary/aromatic N) is 1. The van der Waals surface area contributed by atoms with Gasteiger partial charge in [-0.3, -0.25) is 4.90 Å². The fourth-order valence-corrected chi connectivity index (χ4v) is 2.13. The normalized spacial score (nSPS) is 10.9. The molecule has 1 aromatic carbocycles. The second-order valence-electron chi connectivity index (χ2n) is 4.99. The van der Waals surface area contributed by atoms with E-state index in [9.17, 15) is 5.11 Å². The number of methoxy groups -OCH3 is 1. The lowest BCUT2D eigenvalue weighted by Gasteiger charge is -2.22. The molecule has 0 aliphatic rings. The number of phenols is 1. The van der Waals surface area contributed by atoms with Gasteiger partial charge in [0.2, 0.25) is 0 Å². The summed E-state index contributed by atoms with van der Waals surface area (Å²) in [4.78, 5) is 2.47. The van der Waals surface area contributed by atoms with Crippen LogP contribution in [-0.4, -0.2) is 30.2 Å². The molecule has 0 bridgehead atoms. The lowest BCUT2D eigenvalue weighted by molar-refractivity contribution is 0.256. The smallest absolute Gasteiger partial charge is 0.160 e. The molecule has 0 aromatic heterocycles. The molecule has 1 aromatic rings. The van der Waals surface area contributed by atoms with Crippen molar-refractivity contribution in [2.45, 2.75) is 46.1 Å². The van der Waals surface area contributed by atoms with Crippen molar-refractivity contribution in [3.8, 4) is 11.5 Å². The van der Waals surface area contributed by atoms with Crippen LogP contribution in [0.4, 0.5) is 0 Å². The number of phenolic OH excluding ortho intramolecular Hbond substituents is 1. The Hall–Kier alpha value is -1.22. The molecule has 0 radical (unpaired) electrons. The van der Waals surface area contributed by atoms with Crippen molar-refractivity contribution in [2.75, 3.05) is 20.2 Å². The van der Waals surface area contributed by atoms with Crippen molar-refractivity contribution in [1.29, 1.82) is 0 Å². The standard InChI is InChI=1S/C16H27NO2/c1-4-6-10-17(11-7-5-2)13-14-8-9-16(19-3)15(18)12-14/h8-9,12,18H,4-7,10-11,13H2,1-3H3. The van der Waals surface area contributed by atoms with Gasteiger partial charge < -0.3 is 9.84 Å². The molecular formula is C16H27NO2. The fourth-order valence-electron chi connectivity index (χ4n) is 2.13. The van der Waals surface area contributed by atoms with E-state index in [1.165, 1.54) is 25.7 Å². The van der Waals surface area contributed by atoms with Crippen LogP contribution in [0.15, 0.2) is 18.2 Å². The highest BCUT2D eigenvalue weighted by molar-refractivity contribution is 5.41. The third-order valence-electron chi connectivity index (χ3n) is 3.31. The van der Waals surface area contributed by atoms with Crippen molar-refractivity contribution in [3.63, 3.8) is 0 Å². The van der Waals surface area contributed by atoms with Gasteiger partial charge in [0, 0.05) is 6.54 Å². The van der Waals surface area contributed by atoms with Gasteiger partial charge in [0.25, 0.3) is 0 Å². The minimum Gasteiger partial charge on any atom is -0.504 e. The summed E-state index contributed by atoms with van der Waals surface area (Å²) in [5, 5.41) is 9.81. The van der Waals surface area contributed by atoms with Crippen LogP contribution in [0.5, 0.6) is 11.5 Å². The molecule has 0 atom stereocenters.